The van der Waals surface area contributed by atoms with Crippen molar-refractivity contribution in [1.29, 1.82) is 0 Å². The van der Waals surface area contributed by atoms with Crippen LogP contribution in [0.15, 0.2) is 0 Å². The van der Waals surface area contributed by atoms with Gasteiger partial charge in [-0.3, -0.25) is 9.59 Å². The monoisotopic (exact) mass is 214 g/mol. The van der Waals surface area contributed by atoms with Crippen LogP contribution in [0.25, 0.3) is 0 Å². The Morgan fingerprint density at radius 2 is 2.27 bits per heavy atom. The Hall–Kier alpha value is -1.10. The number of carboxylic acid groups (broad SMARTS) is 1. The maximum Gasteiger partial charge on any atom is 0.317 e. The number of carbonyl (C=O) groups is 2. The highest BCUT2D eigenvalue weighted by molar-refractivity contribution is 5.73. The van der Waals surface area contributed by atoms with E-state index in [2.05, 4.69) is 5.32 Å². The van der Waals surface area contributed by atoms with E-state index < -0.39 is 5.97 Å². The highest BCUT2D eigenvalue weighted by Gasteiger charge is 2.21. The van der Waals surface area contributed by atoms with Gasteiger partial charge in [0.2, 0.25) is 5.91 Å². The lowest BCUT2D eigenvalue weighted by Crippen LogP contribution is -2.42. The van der Waals surface area contributed by atoms with Crippen molar-refractivity contribution >= 4 is 11.9 Å². The number of carboxylic acids is 1. The number of likely N-dealkylation sites (tertiary alicyclic amines) is 1. The number of nitrogens with one attached hydrogen (secondary N) is 1. The summed E-state index contributed by atoms with van der Waals surface area (Å²) >= 11 is 0. The Morgan fingerprint density at radius 3 is 2.87 bits per heavy atom. The normalized spacial score (nSPS) is 21.4. The van der Waals surface area contributed by atoms with Gasteiger partial charge in [-0.05, 0) is 18.8 Å². The summed E-state index contributed by atoms with van der Waals surface area (Å²) in [5.74, 6) is -0.339. The van der Waals surface area contributed by atoms with Crippen LogP contribution in [0, 0.1) is 5.92 Å². The van der Waals surface area contributed by atoms with Gasteiger partial charge in [-0.1, -0.05) is 0 Å². The number of carbonyl (C=O) groups excluding carboxylic acids is 1. The molecule has 1 amide bonds. The van der Waals surface area contributed by atoms with E-state index in [9.17, 15) is 9.59 Å². The first-order valence-electron chi connectivity index (χ1n) is 5.27. The molecule has 0 aliphatic carbocycles. The molecule has 1 aliphatic heterocycles. The number of hydrogen-bond acceptors (Lipinski definition) is 3. The molecule has 0 spiro atoms. The Balaban J connectivity index is 2.24. The third-order valence-corrected chi connectivity index (χ3v) is 2.67. The molecule has 0 radical (unpaired) electrons. The van der Waals surface area contributed by atoms with E-state index >= 15 is 0 Å². The zero-order valence-corrected chi connectivity index (χ0v) is 9.03. The molecule has 1 fully saturated rings. The molecule has 1 aliphatic rings. The summed E-state index contributed by atoms with van der Waals surface area (Å²) < 4.78 is 0. The molecule has 1 atom stereocenters. The highest BCUT2D eigenvalue weighted by atomic mass is 16.4. The summed E-state index contributed by atoms with van der Waals surface area (Å²) in [5, 5.41) is 11.3. The molecule has 1 saturated heterocycles. The molecule has 5 nitrogen and oxygen atoms in total. The lowest BCUT2D eigenvalue weighted by molar-refractivity contribution is -0.136. The molecular formula is C10H18N2O3. The minimum Gasteiger partial charge on any atom is -0.480 e. The molecule has 1 rings (SSSR count). The van der Waals surface area contributed by atoms with Crippen molar-refractivity contribution in [3.63, 3.8) is 0 Å². The molecule has 0 aromatic heterocycles. The van der Waals surface area contributed by atoms with Crippen molar-refractivity contribution in [2.24, 2.45) is 5.92 Å². The van der Waals surface area contributed by atoms with Crippen LogP contribution >= 0.6 is 0 Å². The summed E-state index contributed by atoms with van der Waals surface area (Å²) in [6.45, 7) is 3.84. The van der Waals surface area contributed by atoms with Crippen LogP contribution in [0.4, 0.5) is 0 Å². The summed E-state index contributed by atoms with van der Waals surface area (Å²) in [7, 11) is 0. The average Bonchev–Trinajstić information content (AvgIpc) is 2.17. The third-order valence-electron chi connectivity index (χ3n) is 2.67. The fourth-order valence-electron chi connectivity index (χ4n) is 1.90. The number of piperidine rings is 1. The predicted molar refractivity (Wildman–Crippen MR) is 55.5 cm³/mol. The van der Waals surface area contributed by atoms with Crippen LogP contribution in [0.5, 0.6) is 0 Å². The van der Waals surface area contributed by atoms with Gasteiger partial charge < -0.3 is 15.3 Å². The predicted octanol–water partition coefficient (Wildman–Crippen LogP) is -0.0809. The molecule has 0 unspecified atom stereocenters. The SMILES string of the molecule is CC(=O)N1CCC[C@H](CNCC(=O)O)C1. The molecule has 0 aromatic carbocycles. The zero-order chi connectivity index (χ0) is 11.3. The second-order valence-corrected chi connectivity index (χ2v) is 4.00. The number of amides is 1. The molecule has 0 bridgehead atoms. The van der Waals surface area contributed by atoms with E-state index in [0.717, 1.165) is 25.9 Å². The minimum atomic E-state index is -0.839. The first-order valence-corrected chi connectivity index (χ1v) is 5.27. The summed E-state index contributed by atoms with van der Waals surface area (Å²) in [4.78, 5) is 23.3. The van der Waals surface area contributed by atoms with Crippen LogP contribution in [0.1, 0.15) is 19.8 Å². The van der Waals surface area contributed by atoms with Crippen molar-refractivity contribution < 1.29 is 14.7 Å². The maximum atomic E-state index is 11.1. The van der Waals surface area contributed by atoms with Crippen molar-refractivity contribution in [2.45, 2.75) is 19.8 Å². The van der Waals surface area contributed by atoms with E-state index in [1.54, 1.807) is 6.92 Å². The summed E-state index contributed by atoms with van der Waals surface area (Å²) in [5.41, 5.74) is 0. The van der Waals surface area contributed by atoms with Gasteiger partial charge in [0.25, 0.3) is 0 Å². The van der Waals surface area contributed by atoms with Crippen molar-refractivity contribution in [2.75, 3.05) is 26.2 Å². The van der Waals surface area contributed by atoms with Crippen LogP contribution in [0.3, 0.4) is 0 Å². The zero-order valence-electron chi connectivity index (χ0n) is 9.03. The lowest BCUT2D eigenvalue weighted by atomic mass is 9.98. The number of rotatable bonds is 4. The van der Waals surface area contributed by atoms with Gasteiger partial charge in [0.05, 0.1) is 6.54 Å². The van der Waals surface area contributed by atoms with Crippen LogP contribution in [-0.4, -0.2) is 48.1 Å². The largest absolute Gasteiger partial charge is 0.480 e. The van der Waals surface area contributed by atoms with Gasteiger partial charge in [0.15, 0.2) is 0 Å². The molecule has 0 saturated carbocycles. The lowest BCUT2D eigenvalue weighted by Gasteiger charge is -2.32. The molecule has 5 heteroatoms. The van der Waals surface area contributed by atoms with Gasteiger partial charge in [-0.2, -0.15) is 0 Å². The molecule has 86 valence electrons. The van der Waals surface area contributed by atoms with Gasteiger partial charge in [0.1, 0.15) is 0 Å². The topological polar surface area (TPSA) is 69.6 Å². The van der Waals surface area contributed by atoms with E-state index in [1.807, 2.05) is 4.90 Å². The Kier molecular flexibility index (Phi) is 4.55. The second-order valence-electron chi connectivity index (χ2n) is 4.00. The third kappa shape index (κ3) is 4.29. The number of hydrogen-bond donors (Lipinski definition) is 2. The Morgan fingerprint density at radius 1 is 1.53 bits per heavy atom. The molecular weight excluding hydrogens is 196 g/mol. The van der Waals surface area contributed by atoms with Crippen molar-refractivity contribution in [3.05, 3.63) is 0 Å². The first kappa shape index (κ1) is 12.0. The van der Waals surface area contributed by atoms with Crippen LogP contribution < -0.4 is 5.32 Å². The summed E-state index contributed by atoms with van der Waals surface area (Å²) in [6.07, 6.45) is 2.08. The van der Waals surface area contributed by atoms with Crippen molar-refractivity contribution in [3.8, 4) is 0 Å². The standard InChI is InChI=1S/C10H18N2O3/c1-8(13)12-4-2-3-9(7-12)5-11-6-10(14)15/h9,11H,2-7H2,1H3,(H,14,15)/t9-/m1/s1. The van der Waals surface area contributed by atoms with E-state index in [0.29, 0.717) is 12.5 Å². The van der Waals surface area contributed by atoms with Crippen molar-refractivity contribution in [1.82, 2.24) is 10.2 Å². The molecule has 15 heavy (non-hydrogen) atoms. The van der Waals surface area contributed by atoms with Crippen LogP contribution in [-0.2, 0) is 9.59 Å². The van der Waals surface area contributed by atoms with Crippen LogP contribution in [0.2, 0.25) is 0 Å². The Bertz CT molecular complexity index is 243. The Labute approximate surface area is 89.4 Å². The quantitative estimate of drug-likeness (QED) is 0.686. The maximum absolute atomic E-state index is 11.1. The fraction of sp³-hybridized carbons (Fsp3) is 0.800. The second kappa shape index (κ2) is 5.70. The highest BCUT2D eigenvalue weighted by Crippen LogP contribution is 2.15. The van der Waals surface area contributed by atoms with Gasteiger partial charge >= 0.3 is 5.97 Å². The number of aliphatic carboxylic acids is 1. The molecule has 2 N–H and O–H groups in total. The molecule has 0 aromatic rings. The smallest absolute Gasteiger partial charge is 0.317 e. The number of nitrogens with zero attached hydrogens (tertiary/aromatic N) is 1. The fourth-order valence-corrected chi connectivity index (χ4v) is 1.90. The van der Waals surface area contributed by atoms with E-state index in [4.69, 9.17) is 5.11 Å². The van der Waals surface area contributed by atoms with Gasteiger partial charge in [-0.25, -0.2) is 0 Å². The van der Waals surface area contributed by atoms with E-state index in [-0.39, 0.29) is 12.5 Å². The first-order chi connectivity index (χ1) is 7.09. The average molecular weight is 214 g/mol. The van der Waals surface area contributed by atoms with Gasteiger partial charge in [-0.15, -0.1) is 0 Å². The van der Waals surface area contributed by atoms with E-state index in [1.165, 1.54) is 0 Å². The van der Waals surface area contributed by atoms with Gasteiger partial charge in [0, 0.05) is 26.6 Å². The minimum absolute atomic E-state index is 0.00340. The molecule has 1 heterocycles. The summed E-state index contributed by atoms with van der Waals surface area (Å²) in [6, 6.07) is 0.